The molecular formula is C23H28ClN3O4S. The molecule has 7 nitrogen and oxygen atoms in total. The molecule has 0 saturated carbocycles. The van der Waals surface area contributed by atoms with E-state index in [1.807, 2.05) is 12.1 Å². The summed E-state index contributed by atoms with van der Waals surface area (Å²) in [4.78, 5) is 3.53. The molecule has 0 saturated heterocycles. The van der Waals surface area contributed by atoms with Crippen LogP contribution in [0.3, 0.4) is 0 Å². The van der Waals surface area contributed by atoms with Gasteiger partial charge in [-0.15, -0.1) is 0 Å². The molecule has 1 aliphatic rings. The van der Waals surface area contributed by atoms with Crippen molar-refractivity contribution in [2.75, 3.05) is 30.7 Å². The van der Waals surface area contributed by atoms with Gasteiger partial charge in [0.15, 0.2) is 0 Å². The number of aromatic nitrogens is 1. The van der Waals surface area contributed by atoms with Crippen LogP contribution in [0.2, 0.25) is 5.02 Å². The predicted octanol–water partition coefficient (Wildman–Crippen LogP) is 3.77. The molecule has 0 spiro atoms. The summed E-state index contributed by atoms with van der Waals surface area (Å²) in [7, 11) is -3.46. The average Bonchev–Trinajstić information content (AvgIpc) is 3.11. The number of sulfonamides is 1. The topological polar surface area (TPSA) is 103 Å². The van der Waals surface area contributed by atoms with Gasteiger partial charge < -0.3 is 20.1 Å². The SMILES string of the molecule is CS(=O)(=O)Nc1cc([C@H](O)CNCCOc2ccc3c4c([nH]c3c2)CCCC4)ccc1Cl. The fourth-order valence-electron chi connectivity index (χ4n) is 4.11. The molecule has 0 aliphatic heterocycles. The fraction of sp³-hybridized carbons (Fsp3) is 0.391. The molecule has 0 fully saturated rings. The number of nitrogens with one attached hydrogen (secondary N) is 3. The third-order valence-corrected chi connectivity index (χ3v) is 6.55. The van der Waals surface area contributed by atoms with E-state index >= 15 is 0 Å². The van der Waals surface area contributed by atoms with Crippen LogP contribution in [-0.2, 0) is 22.9 Å². The molecule has 0 bridgehead atoms. The minimum Gasteiger partial charge on any atom is -0.492 e. The Morgan fingerprint density at radius 2 is 2.00 bits per heavy atom. The lowest BCUT2D eigenvalue weighted by molar-refractivity contribution is 0.172. The molecule has 1 aromatic heterocycles. The summed E-state index contributed by atoms with van der Waals surface area (Å²) in [6.07, 6.45) is 4.99. The number of H-pyrrole nitrogens is 1. The van der Waals surface area contributed by atoms with Crippen molar-refractivity contribution in [3.05, 3.63) is 58.2 Å². The number of aliphatic hydroxyl groups is 1. The van der Waals surface area contributed by atoms with Crippen molar-refractivity contribution in [3.63, 3.8) is 0 Å². The normalized spacial score (nSPS) is 14.8. The van der Waals surface area contributed by atoms with Crippen molar-refractivity contribution in [1.82, 2.24) is 10.3 Å². The fourth-order valence-corrected chi connectivity index (χ4v) is 4.90. The molecule has 32 heavy (non-hydrogen) atoms. The Morgan fingerprint density at radius 1 is 1.19 bits per heavy atom. The van der Waals surface area contributed by atoms with E-state index in [1.54, 1.807) is 12.1 Å². The first kappa shape index (κ1) is 22.9. The Bertz CT molecular complexity index is 1210. The van der Waals surface area contributed by atoms with Gasteiger partial charge in [-0.25, -0.2) is 8.42 Å². The van der Waals surface area contributed by atoms with Crippen LogP contribution in [0.15, 0.2) is 36.4 Å². The van der Waals surface area contributed by atoms with E-state index in [-0.39, 0.29) is 10.7 Å². The molecule has 9 heteroatoms. The highest BCUT2D eigenvalue weighted by molar-refractivity contribution is 7.92. The molecule has 0 amide bonds. The van der Waals surface area contributed by atoms with Crippen molar-refractivity contribution in [3.8, 4) is 5.75 Å². The molecule has 2 aromatic carbocycles. The van der Waals surface area contributed by atoms with Crippen LogP contribution in [0.25, 0.3) is 10.9 Å². The number of benzene rings is 2. The highest BCUT2D eigenvalue weighted by Crippen LogP contribution is 2.31. The number of aromatic amines is 1. The predicted molar refractivity (Wildman–Crippen MR) is 128 cm³/mol. The minimum absolute atomic E-state index is 0.246. The Kier molecular flexibility index (Phi) is 6.95. The van der Waals surface area contributed by atoms with Gasteiger partial charge in [-0.3, -0.25) is 4.72 Å². The lowest BCUT2D eigenvalue weighted by Gasteiger charge is -2.15. The second-order valence-corrected chi connectivity index (χ2v) is 10.3. The third-order valence-electron chi connectivity index (χ3n) is 5.63. The number of hydrogen-bond donors (Lipinski definition) is 4. The number of ether oxygens (including phenoxy) is 1. The van der Waals surface area contributed by atoms with Gasteiger partial charge in [-0.05, 0) is 61.1 Å². The number of fused-ring (bicyclic) bond motifs is 3. The summed E-state index contributed by atoms with van der Waals surface area (Å²) < 4.78 is 31.1. The summed E-state index contributed by atoms with van der Waals surface area (Å²) >= 11 is 6.03. The van der Waals surface area contributed by atoms with Crippen molar-refractivity contribution >= 4 is 38.2 Å². The van der Waals surface area contributed by atoms with E-state index in [2.05, 4.69) is 21.1 Å². The molecule has 172 valence electrons. The van der Waals surface area contributed by atoms with Gasteiger partial charge in [0, 0.05) is 35.8 Å². The maximum atomic E-state index is 11.5. The van der Waals surface area contributed by atoms with Crippen LogP contribution in [-0.4, -0.2) is 44.5 Å². The number of halogens is 1. The monoisotopic (exact) mass is 477 g/mol. The van der Waals surface area contributed by atoms with E-state index in [0.29, 0.717) is 25.3 Å². The quantitative estimate of drug-likeness (QED) is 0.351. The molecule has 1 heterocycles. The number of aliphatic hydroxyl groups excluding tert-OH is 1. The Balaban J connectivity index is 1.27. The first-order valence-corrected chi connectivity index (χ1v) is 13.0. The van der Waals surface area contributed by atoms with Crippen molar-refractivity contribution in [1.29, 1.82) is 0 Å². The van der Waals surface area contributed by atoms with Crippen molar-refractivity contribution < 1.29 is 18.3 Å². The second-order valence-electron chi connectivity index (χ2n) is 8.18. The molecule has 4 rings (SSSR count). The summed E-state index contributed by atoms with van der Waals surface area (Å²) in [5, 5.41) is 15.1. The van der Waals surface area contributed by atoms with Crippen LogP contribution < -0.4 is 14.8 Å². The smallest absolute Gasteiger partial charge is 0.229 e. The van der Waals surface area contributed by atoms with Gasteiger partial charge in [0.2, 0.25) is 10.0 Å². The first-order chi connectivity index (χ1) is 15.3. The van der Waals surface area contributed by atoms with E-state index < -0.39 is 16.1 Å². The highest BCUT2D eigenvalue weighted by atomic mass is 35.5. The largest absolute Gasteiger partial charge is 0.492 e. The van der Waals surface area contributed by atoms with E-state index in [0.717, 1.165) is 30.4 Å². The summed E-state index contributed by atoms with van der Waals surface area (Å²) in [5.41, 5.74) is 4.74. The zero-order chi connectivity index (χ0) is 22.7. The van der Waals surface area contributed by atoms with E-state index in [9.17, 15) is 13.5 Å². The van der Waals surface area contributed by atoms with E-state index in [1.165, 1.54) is 35.6 Å². The van der Waals surface area contributed by atoms with Gasteiger partial charge in [0.05, 0.1) is 23.1 Å². The molecule has 0 unspecified atom stereocenters. The van der Waals surface area contributed by atoms with Gasteiger partial charge in [0.25, 0.3) is 0 Å². The van der Waals surface area contributed by atoms with Crippen molar-refractivity contribution in [2.45, 2.75) is 31.8 Å². The molecular weight excluding hydrogens is 450 g/mol. The lowest BCUT2D eigenvalue weighted by Crippen LogP contribution is -2.26. The Labute approximate surface area is 193 Å². The van der Waals surface area contributed by atoms with Gasteiger partial charge in [-0.2, -0.15) is 0 Å². The highest BCUT2D eigenvalue weighted by Gasteiger charge is 2.16. The molecule has 1 aliphatic carbocycles. The van der Waals surface area contributed by atoms with Gasteiger partial charge >= 0.3 is 0 Å². The molecule has 0 radical (unpaired) electrons. The zero-order valence-electron chi connectivity index (χ0n) is 17.9. The number of anilines is 1. The van der Waals surface area contributed by atoms with Crippen LogP contribution in [0.5, 0.6) is 5.75 Å². The van der Waals surface area contributed by atoms with Crippen LogP contribution >= 0.6 is 11.6 Å². The zero-order valence-corrected chi connectivity index (χ0v) is 19.5. The third kappa shape index (κ3) is 5.56. The summed E-state index contributed by atoms with van der Waals surface area (Å²) in [6, 6.07) is 11.0. The second kappa shape index (κ2) is 9.70. The summed E-state index contributed by atoms with van der Waals surface area (Å²) in [6.45, 7) is 1.31. The standard InChI is InChI=1S/C23H28ClN3O4S/c1-32(29,30)27-22-12-15(6-9-19(22)24)23(28)14-25-10-11-31-16-7-8-18-17-4-2-3-5-20(17)26-21(18)13-16/h6-9,12-13,23,25-28H,2-5,10-11,14H2,1H3/t23-/m1/s1. The molecule has 4 N–H and O–H groups in total. The first-order valence-electron chi connectivity index (χ1n) is 10.7. The Morgan fingerprint density at radius 3 is 2.81 bits per heavy atom. The summed E-state index contributed by atoms with van der Waals surface area (Å²) in [5.74, 6) is 0.813. The maximum Gasteiger partial charge on any atom is 0.229 e. The number of aryl methyl sites for hydroxylation is 2. The Hall–Kier alpha value is -2.26. The lowest BCUT2D eigenvalue weighted by atomic mass is 9.96. The number of hydrogen-bond acceptors (Lipinski definition) is 5. The molecule has 1 atom stereocenters. The van der Waals surface area contributed by atoms with Gasteiger partial charge in [-0.1, -0.05) is 17.7 Å². The van der Waals surface area contributed by atoms with Crippen molar-refractivity contribution in [2.24, 2.45) is 0 Å². The van der Waals surface area contributed by atoms with Crippen LogP contribution in [0.1, 0.15) is 35.8 Å². The average molecular weight is 478 g/mol. The minimum atomic E-state index is -3.46. The van der Waals surface area contributed by atoms with Crippen LogP contribution in [0, 0.1) is 0 Å². The molecule has 3 aromatic rings. The van der Waals surface area contributed by atoms with Crippen LogP contribution in [0.4, 0.5) is 5.69 Å². The number of rotatable bonds is 9. The van der Waals surface area contributed by atoms with E-state index in [4.69, 9.17) is 16.3 Å². The van der Waals surface area contributed by atoms with Gasteiger partial charge in [0.1, 0.15) is 12.4 Å². The maximum absolute atomic E-state index is 11.5.